The number of esters is 1. The largest absolute Gasteiger partial charge is 0.457 e. The monoisotopic (exact) mass is 443 g/mol. The van der Waals surface area contributed by atoms with E-state index in [1.807, 2.05) is 26.0 Å². The van der Waals surface area contributed by atoms with Crippen LogP contribution in [0.1, 0.15) is 40.9 Å². The Kier molecular flexibility index (Phi) is 6.62. The van der Waals surface area contributed by atoms with E-state index in [4.69, 9.17) is 9.15 Å². The third-order valence-electron chi connectivity index (χ3n) is 5.31. The zero-order chi connectivity index (χ0) is 22.8. The first-order chi connectivity index (χ1) is 14.7. The summed E-state index contributed by atoms with van der Waals surface area (Å²) in [5, 5.41) is 0.705. The van der Waals surface area contributed by atoms with Crippen molar-refractivity contribution in [3.05, 3.63) is 75.1 Å². The lowest BCUT2D eigenvalue weighted by Gasteiger charge is -2.18. The summed E-state index contributed by atoms with van der Waals surface area (Å²) in [6.07, 6.45) is 0. The summed E-state index contributed by atoms with van der Waals surface area (Å²) in [5.41, 5.74) is 2.57. The standard InChI is InChI=1S/C23H25NO6S/c1-5-24(6-2)31(27,28)19-10-8-17(9-11-19)23(26)29-14-18-13-21(25)30-22-16(4)15(3)7-12-20(18)22/h7-13H,5-6,14H2,1-4H3. The van der Waals surface area contributed by atoms with Crippen molar-refractivity contribution < 1.29 is 22.4 Å². The number of hydrogen-bond donors (Lipinski definition) is 0. The Labute approximate surface area is 181 Å². The molecule has 0 aliphatic rings. The third kappa shape index (κ3) is 4.55. The molecule has 3 aromatic rings. The Bertz CT molecular complexity index is 1270. The van der Waals surface area contributed by atoms with Gasteiger partial charge < -0.3 is 9.15 Å². The molecule has 0 fully saturated rings. The Morgan fingerprint density at radius 2 is 1.68 bits per heavy atom. The Hall–Kier alpha value is -2.97. The Balaban J connectivity index is 1.81. The SMILES string of the molecule is CCN(CC)S(=O)(=O)c1ccc(C(=O)OCc2cc(=O)oc3c(C)c(C)ccc23)cc1. The number of rotatable bonds is 7. The summed E-state index contributed by atoms with van der Waals surface area (Å²) in [5.74, 6) is -0.614. The van der Waals surface area contributed by atoms with Crippen LogP contribution in [0.3, 0.4) is 0 Å². The van der Waals surface area contributed by atoms with Gasteiger partial charge in [-0.25, -0.2) is 18.0 Å². The van der Waals surface area contributed by atoms with Crippen molar-refractivity contribution in [2.75, 3.05) is 13.1 Å². The van der Waals surface area contributed by atoms with Crippen LogP contribution in [0, 0.1) is 13.8 Å². The summed E-state index contributed by atoms with van der Waals surface area (Å²) in [4.78, 5) is 24.6. The first-order valence-electron chi connectivity index (χ1n) is 9.99. The topological polar surface area (TPSA) is 93.9 Å². The molecule has 0 radical (unpaired) electrons. The smallest absolute Gasteiger partial charge is 0.338 e. The molecule has 0 bridgehead atoms. The number of nitrogens with zero attached hydrogens (tertiary/aromatic N) is 1. The molecule has 1 aromatic heterocycles. The van der Waals surface area contributed by atoms with Gasteiger partial charge in [-0.3, -0.25) is 0 Å². The van der Waals surface area contributed by atoms with Crippen molar-refractivity contribution in [2.45, 2.75) is 39.2 Å². The van der Waals surface area contributed by atoms with Crippen LogP contribution in [0.15, 0.2) is 56.6 Å². The van der Waals surface area contributed by atoms with Crippen molar-refractivity contribution in [1.82, 2.24) is 4.31 Å². The van der Waals surface area contributed by atoms with Crippen molar-refractivity contribution in [3.8, 4) is 0 Å². The van der Waals surface area contributed by atoms with E-state index < -0.39 is 21.6 Å². The van der Waals surface area contributed by atoms with Crippen LogP contribution in [0.5, 0.6) is 0 Å². The van der Waals surface area contributed by atoms with E-state index in [9.17, 15) is 18.0 Å². The molecule has 0 aliphatic carbocycles. The average Bonchev–Trinajstić information content (AvgIpc) is 2.75. The normalized spacial score (nSPS) is 11.8. The maximum absolute atomic E-state index is 12.6. The third-order valence-corrected chi connectivity index (χ3v) is 7.37. The molecule has 0 saturated heterocycles. The minimum atomic E-state index is -3.60. The highest BCUT2D eigenvalue weighted by atomic mass is 32.2. The van der Waals surface area contributed by atoms with Gasteiger partial charge in [0, 0.05) is 30.1 Å². The van der Waals surface area contributed by atoms with Crippen LogP contribution >= 0.6 is 0 Å². The fourth-order valence-electron chi connectivity index (χ4n) is 3.35. The molecule has 0 N–H and O–H groups in total. The molecular weight excluding hydrogens is 418 g/mol. The van der Waals surface area contributed by atoms with Gasteiger partial charge in [-0.2, -0.15) is 4.31 Å². The molecule has 31 heavy (non-hydrogen) atoms. The van der Waals surface area contributed by atoms with E-state index in [1.54, 1.807) is 13.8 Å². The minimum absolute atomic E-state index is 0.108. The Morgan fingerprint density at radius 3 is 2.29 bits per heavy atom. The van der Waals surface area contributed by atoms with Gasteiger partial charge in [0.15, 0.2) is 0 Å². The number of ether oxygens (including phenoxy) is 1. The fraction of sp³-hybridized carbons (Fsp3) is 0.304. The lowest BCUT2D eigenvalue weighted by Crippen LogP contribution is -2.30. The van der Waals surface area contributed by atoms with Gasteiger partial charge in [-0.05, 0) is 49.2 Å². The van der Waals surface area contributed by atoms with Crippen LogP contribution in [0.25, 0.3) is 11.0 Å². The van der Waals surface area contributed by atoms with Gasteiger partial charge in [0.2, 0.25) is 10.0 Å². The highest BCUT2D eigenvalue weighted by Crippen LogP contribution is 2.24. The predicted octanol–water partition coefficient (Wildman–Crippen LogP) is 3.80. The molecule has 1 heterocycles. The highest BCUT2D eigenvalue weighted by molar-refractivity contribution is 7.89. The fourth-order valence-corrected chi connectivity index (χ4v) is 4.80. The Morgan fingerprint density at radius 1 is 1.03 bits per heavy atom. The molecular formula is C23H25NO6S. The lowest BCUT2D eigenvalue weighted by molar-refractivity contribution is 0.0473. The number of carbonyl (C=O) groups excluding carboxylic acids is 1. The zero-order valence-electron chi connectivity index (χ0n) is 18.0. The number of carbonyl (C=O) groups is 1. The van der Waals surface area contributed by atoms with Crippen LogP contribution in [-0.4, -0.2) is 31.8 Å². The summed E-state index contributed by atoms with van der Waals surface area (Å²) in [7, 11) is -3.60. The van der Waals surface area contributed by atoms with Gasteiger partial charge in [-0.15, -0.1) is 0 Å². The molecule has 8 heteroatoms. The zero-order valence-corrected chi connectivity index (χ0v) is 18.8. The molecule has 3 rings (SSSR count). The minimum Gasteiger partial charge on any atom is -0.457 e. The quantitative estimate of drug-likeness (QED) is 0.407. The first kappa shape index (κ1) is 22.7. The van der Waals surface area contributed by atoms with E-state index in [0.29, 0.717) is 29.6 Å². The molecule has 0 atom stereocenters. The van der Waals surface area contributed by atoms with Crippen molar-refractivity contribution in [2.24, 2.45) is 0 Å². The van der Waals surface area contributed by atoms with Crippen molar-refractivity contribution in [3.63, 3.8) is 0 Å². The molecule has 7 nitrogen and oxygen atoms in total. The number of aryl methyl sites for hydroxylation is 2. The number of sulfonamides is 1. The predicted molar refractivity (Wildman–Crippen MR) is 118 cm³/mol. The highest BCUT2D eigenvalue weighted by Gasteiger charge is 2.22. The van der Waals surface area contributed by atoms with Crippen LogP contribution in [0.4, 0.5) is 0 Å². The van der Waals surface area contributed by atoms with E-state index in [-0.39, 0.29) is 17.1 Å². The van der Waals surface area contributed by atoms with Crippen molar-refractivity contribution >= 4 is 27.0 Å². The molecule has 0 saturated carbocycles. The molecule has 0 amide bonds. The number of fused-ring (bicyclic) bond motifs is 1. The van der Waals surface area contributed by atoms with Crippen molar-refractivity contribution in [1.29, 1.82) is 0 Å². The summed E-state index contributed by atoms with van der Waals surface area (Å²) < 4.78 is 37.2. The molecule has 164 valence electrons. The maximum atomic E-state index is 12.6. The first-order valence-corrected chi connectivity index (χ1v) is 11.4. The average molecular weight is 444 g/mol. The maximum Gasteiger partial charge on any atom is 0.338 e. The van der Waals surface area contributed by atoms with Crippen LogP contribution in [-0.2, 0) is 21.4 Å². The number of benzene rings is 2. The van der Waals surface area contributed by atoms with E-state index in [2.05, 4.69) is 0 Å². The number of hydrogen-bond acceptors (Lipinski definition) is 6. The van der Waals surface area contributed by atoms with E-state index in [1.165, 1.54) is 34.6 Å². The van der Waals surface area contributed by atoms with Crippen LogP contribution < -0.4 is 5.63 Å². The van der Waals surface area contributed by atoms with Gasteiger partial charge in [0.25, 0.3) is 0 Å². The second-order valence-electron chi connectivity index (χ2n) is 7.16. The molecule has 0 unspecified atom stereocenters. The van der Waals surface area contributed by atoms with Gasteiger partial charge in [0.1, 0.15) is 12.2 Å². The molecule has 0 aliphatic heterocycles. The molecule has 0 spiro atoms. The lowest BCUT2D eigenvalue weighted by atomic mass is 10.0. The second-order valence-corrected chi connectivity index (χ2v) is 9.10. The summed E-state index contributed by atoms with van der Waals surface area (Å²) in [6.45, 7) is 7.94. The van der Waals surface area contributed by atoms with Gasteiger partial charge in [-0.1, -0.05) is 26.0 Å². The van der Waals surface area contributed by atoms with E-state index in [0.717, 1.165) is 11.1 Å². The molecule has 2 aromatic carbocycles. The summed E-state index contributed by atoms with van der Waals surface area (Å²) >= 11 is 0. The van der Waals surface area contributed by atoms with E-state index >= 15 is 0 Å². The second kappa shape index (κ2) is 9.03. The van der Waals surface area contributed by atoms with Gasteiger partial charge >= 0.3 is 11.6 Å². The van der Waals surface area contributed by atoms with Crippen LogP contribution in [0.2, 0.25) is 0 Å². The van der Waals surface area contributed by atoms with Gasteiger partial charge in [0.05, 0.1) is 10.5 Å². The summed E-state index contributed by atoms with van der Waals surface area (Å²) in [6, 6.07) is 10.7.